The Morgan fingerprint density at radius 2 is 1.94 bits per heavy atom. The highest BCUT2D eigenvalue weighted by Crippen LogP contribution is 2.18. The molecule has 1 aromatic carbocycles. The van der Waals surface area contributed by atoms with E-state index in [0.717, 1.165) is 18.8 Å². The van der Waals surface area contributed by atoms with Gasteiger partial charge in [-0.15, -0.1) is 0 Å². The monoisotopic (exact) mass is 249 g/mol. The molecule has 1 aromatic rings. The van der Waals surface area contributed by atoms with Crippen molar-refractivity contribution in [3.63, 3.8) is 0 Å². The molecular formula is C13H19N3O2. The van der Waals surface area contributed by atoms with Crippen molar-refractivity contribution in [1.29, 1.82) is 0 Å². The Hall–Kier alpha value is -1.59. The molecule has 0 saturated carbocycles. The van der Waals surface area contributed by atoms with Crippen LogP contribution in [-0.2, 0) is 4.79 Å². The van der Waals surface area contributed by atoms with E-state index in [9.17, 15) is 9.90 Å². The van der Waals surface area contributed by atoms with E-state index in [-0.39, 0.29) is 5.91 Å². The van der Waals surface area contributed by atoms with Gasteiger partial charge in [0.1, 0.15) is 0 Å². The normalized spacial score (nSPS) is 17.3. The third-order valence-corrected chi connectivity index (χ3v) is 3.18. The van der Waals surface area contributed by atoms with Crippen molar-refractivity contribution in [3.8, 4) is 0 Å². The van der Waals surface area contributed by atoms with Gasteiger partial charge in [-0.05, 0) is 17.7 Å². The molecule has 5 nitrogen and oxygen atoms in total. The molecule has 0 bridgehead atoms. The predicted molar refractivity (Wildman–Crippen MR) is 70.4 cm³/mol. The van der Waals surface area contributed by atoms with E-state index in [1.54, 1.807) is 17.0 Å². The van der Waals surface area contributed by atoms with Gasteiger partial charge in [0.2, 0.25) is 0 Å². The number of aliphatic hydroxyl groups is 1. The molecule has 3 N–H and O–H groups in total. The fourth-order valence-electron chi connectivity index (χ4n) is 2.03. The molecule has 0 aromatic heterocycles. The first kappa shape index (κ1) is 12.9. The number of carbonyl (C=O) groups is 1. The first-order chi connectivity index (χ1) is 8.72. The Morgan fingerprint density at radius 1 is 1.33 bits per heavy atom. The maximum atomic E-state index is 12.1. The number of amides is 1. The van der Waals surface area contributed by atoms with Crippen molar-refractivity contribution in [1.82, 2.24) is 10.2 Å². The molecule has 0 aliphatic carbocycles. The van der Waals surface area contributed by atoms with Crippen LogP contribution in [-0.4, -0.2) is 49.1 Å². The summed E-state index contributed by atoms with van der Waals surface area (Å²) < 4.78 is 0. The number of hydrogen-bond donors (Lipinski definition) is 3. The topological polar surface area (TPSA) is 64.6 Å². The van der Waals surface area contributed by atoms with Gasteiger partial charge in [0.05, 0.1) is 0 Å². The second-order valence-corrected chi connectivity index (χ2v) is 4.35. The molecule has 0 radical (unpaired) electrons. The van der Waals surface area contributed by atoms with Crippen LogP contribution in [0.1, 0.15) is 11.7 Å². The third-order valence-electron chi connectivity index (χ3n) is 3.18. The summed E-state index contributed by atoms with van der Waals surface area (Å²) in [7, 11) is 1.83. The van der Waals surface area contributed by atoms with Gasteiger partial charge in [-0.3, -0.25) is 4.79 Å². The molecule has 1 aliphatic rings. The zero-order chi connectivity index (χ0) is 13.0. The van der Waals surface area contributed by atoms with Crippen LogP contribution in [0.5, 0.6) is 0 Å². The fourth-order valence-corrected chi connectivity index (χ4v) is 2.03. The average Bonchev–Trinajstić information content (AvgIpc) is 2.47. The number of benzene rings is 1. The van der Waals surface area contributed by atoms with Gasteiger partial charge < -0.3 is 20.6 Å². The molecule has 1 heterocycles. The van der Waals surface area contributed by atoms with E-state index >= 15 is 0 Å². The first-order valence-electron chi connectivity index (χ1n) is 6.17. The maximum absolute atomic E-state index is 12.1. The summed E-state index contributed by atoms with van der Waals surface area (Å²) in [6, 6.07) is 7.25. The molecule has 1 unspecified atom stereocenters. The Labute approximate surface area is 107 Å². The average molecular weight is 249 g/mol. The van der Waals surface area contributed by atoms with E-state index in [2.05, 4.69) is 10.6 Å². The molecular weight excluding hydrogens is 230 g/mol. The molecule has 1 amide bonds. The summed E-state index contributed by atoms with van der Waals surface area (Å²) in [6.07, 6.45) is -1.06. The zero-order valence-electron chi connectivity index (χ0n) is 10.5. The number of rotatable bonds is 3. The highest BCUT2D eigenvalue weighted by atomic mass is 16.3. The van der Waals surface area contributed by atoms with Gasteiger partial charge in [0.15, 0.2) is 6.10 Å². The molecule has 0 spiro atoms. The van der Waals surface area contributed by atoms with E-state index in [4.69, 9.17) is 0 Å². The lowest BCUT2D eigenvalue weighted by atomic mass is 10.1. The summed E-state index contributed by atoms with van der Waals surface area (Å²) in [5.41, 5.74) is 1.60. The molecule has 98 valence electrons. The van der Waals surface area contributed by atoms with Crippen LogP contribution in [0.15, 0.2) is 24.3 Å². The fraction of sp³-hybridized carbons (Fsp3) is 0.462. The lowest BCUT2D eigenvalue weighted by Gasteiger charge is -2.29. The second-order valence-electron chi connectivity index (χ2n) is 4.35. The van der Waals surface area contributed by atoms with Crippen LogP contribution in [0.2, 0.25) is 0 Å². The maximum Gasteiger partial charge on any atom is 0.256 e. The van der Waals surface area contributed by atoms with Crippen LogP contribution in [0, 0.1) is 0 Å². The number of anilines is 1. The summed E-state index contributed by atoms with van der Waals surface area (Å²) >= 11 is 0. The number of nitrogens with zero attached hydrogens (tertiary/aromatic N) is 1. The molecule has 1 aliphatic heterocycles. The predicted octanol–water partition coefficient (Wildman–Crippen LogP) is 0.194. The summed E-state index contributed by atoms with van der Waals surface area (Å²) in [4.78, 5) is 13.8. The Morgan fingerprint density at radius 3 is 2.50 bits per heavy atom. The molecule has 2 rings (SSSR count). The van der Waals surface area contributed by atoms with Crippen molar-refractivity contribution >= 4 is 11.6 Å². The van der Waals surface area contributed by atoms with Crippen LogP contribution < -0.4 is 10.6 Å². The highest BCUT2D eigenvalue weighted by Gasteiger charge is 2.24. The van der Waals surface area contributed by atoms with Gasteiger partial charge in [-0.2, -0.15) is 0 Å². The minimum atomic E-state index is -1.06. The molecule has 1 atom stereocenters. The van der Waals surface area contributed by atoms with E-state index in [1.165, 1.54) is 0 Å². The van der Waals surface area contributed by atoms with Gasteiger partial charge in [-0.1, -0.05) is 12.1 Å². The molecule has 1 saturated heterocycles. The third kappa shape index (κ3) is 2.80. The Balaban J connectivity index is 2.04. The second kappa shape index (κ2) is 5.84. The van der Waals surface area contributed by atoms with Gasteiger partial charge in [0, 0.05) is 38.9 Å². The summed E-state index contributed by atoms with van der Waals surface area (Å²) in [6.45, 7) is 2.89. The lowest BCUT2D eigenvalue weighted by Crippen LogP contribution is -2.48. The van der Waals surface area contributed by atoms with Crippen molar-refractivity contribution in [2.45, 2.75) is 6.10 Å². The SMILES string of the molecule is CNc1ccc(C(O)C(=O)N2CCNCC2)cc1. The lowest BCUT2D eigenvalue weighted by molar-refractivity contribution is -0.141. The van der Waals surface area contributed by atoms with E-state index in [0.29, 0.717) is 18.7 Å². The number of piperazine rings is 1. The summed E-state index contributed by atoms with van der Waals surface area (Å²) in [5.74, 6) is -0.214. The zero-order valence-corrected chi connectivity index (χ0v) is 10.5. The van der Waals surface area contributed by atoms with Crippen LogP contribution in [0.4, 0.5) is 5.69 Å². The number of aliphatic hydroxyl groups excluding tert-OH is 1. The molecule has 5 heteroatoms. The van der Waals surface area contributed by atoms with Gasteiger partial charge >= 0.3 is 0 Å². The van der Waals surface area contributed by atoms with Gasteiger partial charge in [0.25, 0.3) is 5.91 Å². The Bertz CT molecular complexity index is 399. The standard InChI is InChI=1S/C13H19N3O2/c1-14-11-4-2-10(3-5-11)12(17)13(18)16-8-6-15-7-9-16/h2-5,12,14-15,17H,6-9H2,1H3. The van der Waals surface area contributed by atoms with Crippen molar-refractivity contribution < 1.29 is 9.90 Å². The van der Waals surface area contributed by atoms with Crippen molar-refractivity contribution in [2.75, 3.05) is 38.5 Å². The summed E-state index contributed by atoms with van der Waals surface area (Å²) in [5, 5.41) is 16.3. The minimum absolute atomic E-state index is 0.214. The van der Waals surface area contributed by atoms with Crippen molar-refractivity contribution in [3.05, 3.63) is 29.8 Å². The van der Waals surface area contributed by atoms with Crippen LogP contribution >= 0.6 is 0 Å². The first-order valence-corrected chi connectivity index (χ1v) is 6.17. The van der Waals surface area contributed by atoms with Gasteiger partial charge in [-0.25, -0.2) is 0 Å². The number of carbonyl (C=O) groups excluding carboxylic acids is 1. The van der Waals surface area contributed by atoms with E-state index in [1.807, 2.05) is 19.2 Å². The van der Waals surface area contributed by atoms with Crippen LogP contribution in [0.25, 0.3) is 0 Å². The van der Waals surface area contributed by atoms with Crippen LogP contribution in [0.3, 0.4) is 0 Å². The Kier molecular flexibility index (Phi) is 4.17. The highest BCUT2D eigenvalue weighted by molar-refractivity contribution is 5.82. The smallest absolute Gasteiger partial charge is 0.256 e. The van der Waals surface area contributed by atoms with Crippen molar-refractivity contribution in [2.24, 2.45) is 0 Å². The van der Waals surface area contributed by atoms with E-state index < -0.39 is 6.10 Å². The quantitative estimate of drug-likeness (QED) is 0.716. The molecule has 1 fully saturated rings. The largest absolute Gasteiger partial charge is 0.388 e. The number of nitrogens with one attached hydrogen (secondary N) is 2. The minimum Gasteiger partial charge on any atom is -0.388 e. The number of hydrogen-bond acceptors (Lipinski definition) is 4. The molecule has 18 heavy (non-hydrogen) atoms.